The lowest BCUT2D eigenvalue weighted by atomic mass is 9.89. The van der Waals surface area contributed by atoms with Crippen LogP contribution in [0.15, 0.2) is 53.1 Å². The van der Waals surface area contributed by atoms with Crippen LogP contribution in [0.2, 0.25) is 0 Å². The molecule has 0 spiro atoms. The Labute approximate surface area is 168 Å². The SMILES string of the molecule is COc1ccc(F)cc1C(=O)C1CCCN(Cc2nc(-c3ccccc3)no2)C1. The highest BCUT2D eigenvalue weighted by atomic mass is 19.1. The van der Waals surface area contributed by atoms with Crippen LogP contribution < -0.4 is 4.74 Å². The predicted molar refractivity (Wildman–Crippen MR) is 105 cm³/mol. The molecule has 0 aliphatic carbocycles. The van der Waals surface area contributed by atoms with Crippen molar-refractivity contribution in [2.75, 3.05) is 20.2 Å². The molecular weight excluding hydrogens is 373 g/mol. The Bertz CT molecular complexity index is 990. The summed E-state index contributed by atoms with van der Waals surface area (Å²) in [5, 5.41) is 4.05. The summed E-state index contributed by atoms with van der Waals surface area (Å²) in [5.41, 5.74) is 1.19. The first-order chi connectivity index (χ1) is 14.1. The fourth-order valence-corrected chi connectivity index (χ4v) is 3.72. The molecule has 0 amide bonds. The van der Waals surface area contributed by atoms with Crippen molar-refractivity contribution in [2.24, 2.45) is 5.92 Å². The molecule has 29 heavy (non-hydrogen) atoms. The van der Waals surface area contributed by atoms with E-state index in [1.165, 1.54) is 25.3 Å². The average molecular weight is 395 g/mol. The lowest BCUT2D eigenvalue weighted by Crippen LogP contribution is -2.38. The molecule has 3 aromatic rings. The van der Waals surface area contributed by atoms with E-state index < -0.39 is 5.82 Å². The smallest absolute Gasteiger partial charge is 0.241 e. The van der Waals surface area contributed by atoms with Gasteiger partial charge in [-0.2, -0.15) is 4.98 Å². The Morgan fingerprint density at radius 3 is 2.90 bits per heavy atom. The minimum Gasteiger partial charge on any atom is -0.496 e. The van der Waals surface area contributed by atoms with Crippen molar-refractivity contribution in [3.05, 3.63) is 65.8 Å². The molecule has 7 heteroatoms. The van der Waals surface area contributed by atoms with Gasteiger partial charge in [0.05, 0.1) is 19.2 Å². The van der Waals surface area contributed by atoms with E-state index in [0.717, 1.165) is 24.9 Å². The number of nitrogens with zero attached hydrogens (tertiary/aromatic N) is 3. The summed E-state index contributed by atoms with van der Waals surface area (Å²) >= 11 is 0. The first-order valence-corrected chi connectivity index (χ1v) is 9.62. The number of carbonyl (C=O) groups excluding carboxylic acids is 1. The molecule has 0 N–H and O–H groups in total. The summed E-state index contributed by atoms with van der Waals surface area (Å²) in [7, 11) is 1.48. The van der Waals surface area contributed by atoms with Crippen LogP contribution in [0.5, 0.6) is 5.75 Å². The van der Waals surface area contributed by atoms with Crippen molar-refractivity contribution >= 4 is 5.78 Å². The number of hydrogen-bond donors (Lipinski definition) is 0. The molecule has 1 fully saturated rings. The lowest BCUT2D eigenvalue weighted by molar-refractivity contribution is 0.0793. The molecule has 1 aliphatic heterocycles. The summed E-state index contributed by atoms with van der Waals surface area (Å²) < 4.78 is 24.3. The molecule has 1 aliphatic rings. The zero-order valence-electron chi connectivity index (χ0n) is 16.2. The molecule has 0 bridgehead atoms. The molecule has 2 heterocycles. The van der Waals surface area contributed by atoms with Crippen molar-refractivity contribution in [3.8, 4) is 17.1 Å². The van der Waals surface area contributed by atoms with Crippen LogP contribution in [0.1, 0.15) is 29.1 Å². The number of likely N-dealkylation sites (tertiary alicyclic amines) is 1. The van der Waals surface area contributed by atoms with Gasteiger partial charge < -0.3 is 9.26 Å². The summed E-state index contributed by atoms with van der Waals surface area (Å²) in [4.78, 5) is 19.6. The van der Waals surface area contributed by atoms with E-state index in [0.29, 0.717) is 36.1 Å². The van der Waals surface area contributed by atoms with Gasteiger partial charge in [0.25, 0.3) is 0 Å². The molecule has 0 radical (unpaired) electrons. The standard InChI is InChI=1S/C22H22FN3O3/c1-28-19-10-9-17(23)12-18(19)21(27)16-8-5-11-26(13-16)14-20-24-22(25-29-20)15-6-3-2-4-7-15/h2-4,6-7,9-10,12,16H,5,8,11,13-14H2,1H3. The van der Waals surface area contributed by atoms with Gasteiger partial charge >= 0.3 is 0 Å². The number of halogens is 1. The number of carbonyl (C=O) groups is 1. The third-order valence-electron chi connectivity index (χ3n) is 5.16. The quantitative estimate of drug-likeness (QED) is 0.588. The Hall–Kier alpha value is -3.06. The second-order valence-electron chi connectivity index (χ2n) is 7.16. The van der Waals surface area contributed by atoms with Gasteiger partial charge in [0.2, 0.25) is 11.7 Å². The van der Waals surface area contributed by atoms with Crippen molar-refractivity contribution in [1.29, 1.82) is 0 Å². The molecule has 1 unspecified atom stereocenters. The summed E-state index contributed by atoms with van der Waals surface area (Å²) in [6.45, 7) is 1.87. The van der Waals surface area contributed by atoms with Crippen LogP contribution in [0.25, 0.3) is 11.4 Å². The molecule has 150 valence electrons. The van der Waals surface area contributed by atoms with Gasteiger partial charge in [-0.3, -0.25) is 9.69 Å². The maximum absolute atomic E-state index is 13.7. The predicted octanol–water partition coefficient (Wildman–Crippen LogP) is 3.98. The second kappa shape index (κ2) is 8.53. The Morgan fingerprint density at radius 1 is 1.28 bits per heavy atom. The van der Waals surface area contributed by atoms with Gasteiger partial charge in [0.15, 0.2) is 5.78 Å². The second-order valence-corrected chi connectivity index (χ2v) is 7.16. The lowest BCUT2D eigenvalue weighted by Gasteiger charge is -2.31. The normalized spacial score (nSPS) is 17.2. The van der Waals surface area contributed by atoms with Crippen LogP contribution in [0.4, 0.5) is 4.39 Å². The van der Waals surface area contributed by atoms with Crippen LogP contribution in [0, 0.1) is 11.7 Å². The average Bonchev–Trinajstić information content (AvgIpc) is 3.22. The largest absolute Gasteiger partial charge is 0.496 e. The highest BCUT2D eigenvalue weighted by molar-refractivity contribution is 6.00. The molecule has 1 atom stereocenters. The summed E-state index contributed by atoms with van der Waals surface area (Å²) in [6, 6.07) is 13.7. The van der Waals surface area contributed by atoms with E-state index in [1.807, 2.05) is 30.3 Å². The molecule has 4 rings (SSSR count). The zero-order valence-corrected chi connectivity index (χ0v) is 16.2. The van der Waals surface area contributed by atoms with Gasteiger partial charge in [-0.1, -0.05) is 35.5 Å². The fraction of sp³-hybridized carbons (Fsp3) is 0.318. The maximum atomic E-state index is 13.7. The van der Waals surface area contributed by atoms with E-state index in [4.69, 9.17) is 9.26 Å². The van der Waals surface area contributed by atoms with Crippen molar-refractivity contribution < 1.29 is 18.4 Å². The van der Waals surface area contributed by atoms with E-state index in [2.05, 4.69) is 15.0 Å². The number of benzene rings is 2. The number of methoxy groups -OCH3 is 1. The van der Waals surface area contributed by atoms with Crippen LogP contribution in [0.3, 0.4) is 0 Å². The number of hydrogen-bond acceptors (Lipinski definition) is 6. The molecule has 1 saturated heterocycles. The summed E-state index contributed by atoms with van der Waals surface area (Å²) in [5.74, 6) is 0.701. The fourth-order valence-electron chi connectivity index (χ4n) is 3.72. The van der Waals surface area contributed by atoms with Gasteiger partial charge in [-0.15, -0.1) is 0 Å². The van der Waals surface area contributed by atoms with E-state index >= 15 is 0 Å². The number of Topliss-reactive ketones (excluding diaryl/α,β-unsaturated/α-hetero) is 1. The van der Waals surface area contributed by atoms with E-state index in [1.54, 1.807) is 0 Å². The Balaban J connectivity index is 1.45. The Kier molecular flexibility index (Phi) is 5.67. The van der Waals surface area contributed by atoms with Crippen LogP contribution in [-0.4, -0.2) is 41.0 Å². The highest BCUT2D eigenvalue weighted by Crippen LogP contribution is 2.27. The van der Waals surface area contributed by atoms with E-state index in [-0.39, 0.29) is 11.7 Å². The minimum atomic E-state index is -0.443. The number of piperidine rings is 1. The van der Waals surface area contributed by atoms with Gasteiger partial charge in [-0.05, 0) is 37.6 Å². The number of aromatic nitrogens is 2. The van der Waals surface area contributed by atoms with Crippen LogP contribution in [-0.2, 0) is 6.54 Å². The highest BCUT2D eigenvalue weighted by Gasteiger charge is 2.29. The zero-order chi connectivity index (χ0) is 20.2. The molecule has 1 aromatic heterocycles. The first-order valence-electron chi connectivity index (χ1n) is 9.62. The topological polar surface area (TPSA) is 68.5 Å². The van der Waals surface area contributed by atoms with Gasteiger partial charge in [0, 0.05) is 18.0 Å². The third-order valence-corrected chi connectivity index (χ3v) is 5.16. The van der Waals surface area contributed by atoms with Gasteiger partial charge in [-0.25, -0.2) is 4.39 Å². The van der Waals surface area contributed by atoms with Crippen molar-refractivity contribution in [3.63, 3.8) is 0 Å². The van der Waals surface area contributed by atoms with Gasteiger partial charge in [0.1, 0.15) is 11.6 Å². The Morgan fingerprint density at radius 2 is 2.10 bits per heavy atom. The first kappa shape index (κ1) is 19.3. The van der Waals surface area contributed by atoms with Crippen molar-refractivity contribution in [1.82, 2.24) is 15.0 Å². The molecule has 2 aromatic carbocycles. The molecular formula is C22H22FN3O3. The maximum Gasteiger partial charge on any atom is 0.241 e. The number of rotatable bonds is 6. The van der Waals surface area contributed by atoms with E-state index in [9.17, 15) is 9.18 Å². The summed E-state index contributed by atoms with van der Waals surface area (Å²) in [6.07, 6.45) is 1.63. The third kappa shape index (κ3) is 4.35. The van der Waals surface area contributed by atoms with Crippen molar-refractivity contribution in [2.45, 2.75) is 19.4 Å². The van der Waals surface area contributed by atoms with Crippen LogP contribution >= 0.6 is 0 Å². The number of ketones is 1. The monoisotopic (exact) mass is 395 g/mol. The number of ether oxygens (including phenoxy) is 1. The molecule has 0 saturated carbocycles. The minimum absolute atomic E-state index is 0.0958. The molecule has 6 nitrogen and oxygen atoms in total.